The molecule has 0 saturated heterocycles. The van der Waals surface area contributed by atoms with E-state index in [4.69, 9.17) is 0 Å². The summed E-state index contributed by atoms with van der Waals surface area (Å²) in [4.78, 5) is 1.45. The van der Waals surface area contributed by atoms with Crippen LogP contribution >= 0.6 is 11.3 Å². The molecule has 3 rings (SSSR count). The summed E-state index contributed by atoms with van der Waals surface area (Å²) in [5.41, 5.74) is 2.22. The average molecular weight is 263 g/mol. The van der Waals surface area contributed by atoms with Crippen molar-refractivity contribution in [1.82, 2.24) is 15.0 Å². The molecule has 0 saturated carbocycles. The molecule has 0 aromatic carbocycles. The van der Waals surface area contributed by atoms with E-state index >= 15 is 0 Å². The third-order valence-corrected chi connectivity index (χ3v) is 4.63. The van der Waals surface area contributed by atoms with Gasteiger partial charge in [-0.2, -0.15) is 0 Å². The largest absolute Gasteiger partial charge is 0.392 e. The van der Waals surface area contributed by atoms with Gasteiger partial charge in [-0.15, -0.1) is 16.4 Å². The molecule has 1 aliphatic carbocycles. The maximum Gasteiger partial charge on any atom is 0.0852 e. The van der Waals surface area contributed by atoms with Crippen molar-refractivity contribution < 1.29 is 5.11 Å². The lowest BCUT2D eigenvalue weighted by molar-refractivity contribution is 0.134. The molecule has 0 aliphatic heterocycles. The Bertz CT molecular complexity index is 534. The smallest absolute Gasteiger partial charge is 0.0852 e. The molecule has 4 nitrogen and oxygen atoms in total. The molecule has 0 fully saturated rings. The van der Waals surface area contributed by atoms with Crippen molar-refractivity contribution in [3.8, 4) is 0 Å². The Labute approximate surface area is 110 Å². The van der Waals surface area contributed by atoms with E-state index in [-0.39, 0.29) is 12.0 Å². The van der Waals surface area contributed by atoms with E-state index in [1.54, 1.807) is 4.68 Å². The molecule has 18 heavy (non-hydrogen) atoms. The summed E-state index contributed by atoms with van der Waals surface area (Å²) >= 11 is 1.81. The van der Waals surface area contributed by atoms with Crippen LogP contribution in [0.3, 0.4) is 0 Å². The van der Waals surface area contributed by atoms with Crippen LogP contribution in [0.4, 0.5) is 0 Å². The van der Waals surface area contributed by atoms with Crippen molar-refractivity contribution in [3.05, 3.63) is 33.8 Å². The van der Waals surface area contributed by atoms with Crippen molar-refractivity contribution in [2.45, 2.75) is 37.7 Å². The summed E-state index contributed by atoms with van der Waals surface area (Å²) < 4.78 is 1.68. The highest BCUT2D eigenvalue weighted by Gasteiger charge is 2.28. The van der Waals surface area contributed by atoms with Gasteiger partial charge < -0.3 is 5.11 Å². The van der Waals surface area contributed by atoms with Crippen LogP contribution in [0.15, 0.2) is 17.6 Å². The molecule has 0 spiro atoms. The van der Waals surface area contributed by atoms with Gasteiger partial charge in [0.2, 0.25) is 0 Å². The number of thiophene rings is 1. The molecule has 0 radical (unpaired) electrons. The lowest BCUT2D eigenvalue weighted by atomic mass is 9.82. The second-order valence-corrected chi connectivity index (χ2v) is 5.95. The first-order valence-electron chi connectivity index (χ1n) is 6.33. The van der Waals surface area contributed by atoms with Gasteiger partial charge in [-0.05, 0) is 36.3 Å². The summed E-state index contributed by atoms with van der Waals surface area (Å²) in [7, 11) is 1.85. The minimum Gasteiger partial charge on any atom is -0.392 e. The number of aromatic nitrogens is 3. The minimum atomic E-state index is -0.352. The number of aliphatic hydroxyl groups excluding tert-OH is 1. The van der Waals surface area contributed by atoms with Gasteiger partial charge in [-0.1, -0.05) is 5.21 Å². The van der Waals surface area contributed by atoms with Gasteiger partial charge in [0.1, 0.15) is 0 Å². The van der Waals surface area contributed by atoms with Crippen molar-refractivity contribution in [2.75, 3.05) is 0 Å². The van der Waals surface area contributed by atoms with Crippen LogP contribution in [0.1, 0.15) is 34.9 Å². The van der Waals surface area contributed by atoms with Crippen LogP contribution in [0.5, 0.6) is 0 Å². The van der Waals surface area contributed by atoms with Crippen LogP contribution in [-0.2, 0) is 19.9 Å². The maximum absolute atomic E-state index is 10.4. The van der Waals surface area contributed by atoms with E-state index in [1.807, 2.05) is 24.6 Å². The number of fused-ring (bicyclic) bond motifs is 1. The van der Waals surface area contributed by atoms with Gasteiger partial charge in [0.15, 0.2) is 0 Å². The van der Waals surface area contributed by atoms with E-state index in [9.17, 15) is 5.11 Å². The molecule has 5 heteroatoms. The lowest BCUT2D eigenvalue weighted by Gasteiger charge is -2.26. The zero-order valence-corrected chi connectivity index (χ0v) is 11.2. The third kappa shape index (κ3) is 2.20. The quantitative estimate of drug-likeness (QED) is 0.920. The van der Waals surface area contributed by atoms with E-state index in [0.717, 1.165) is 12.1 Å². The Hall–Kier alpha value is -1.20. The number of nitrogens with zero attached hydrogens (tertiary/aromatic N) is 3. The average Bonchev–Trinajstić information content (AvgIpc) is 2.97. The molecule has 96 valence electrons. The summed E-state index contributed by atoms with van der Waals surface area (Å²) in [6, 6.07) is 2.17. The van der Waals surface area contributed by atoms with E-state index < -0.39 is 0 Å². The highest BCUT2D eigenvalue weighted by Crippen LogP contribution is 2.37. The van der Waals surface area contributed by atoms with Gasteiger partial charge in [0.05, 0.1) is 11.8 Å². The summed E-state index contributed by atoms with van der Waals surface area (Å²) in [5, 5.41) is 20.5. The highest BCUT2D eigenvalue weighted by molar-refractivity contribution is 7.10. The predicted molar refractivity (Wildman–Crippen MR) is 70.7 cm³/mol. The van der Waals surface area contributed by atoms with Crippen molar-refractivity contribution >= 4 is 11.3 Å². The zero-order chi connectivity index (χ0) is 12.5. The third-order valence-electron chi connectivity index (χ3n) is 3.63. The molecular weight excluding hydrogens is 246 g/mol. The fraction of sp³-hybridized carbons (Fsp3) is 0.538. The van der Waals surface area contributed by atoms with Gasteiger partial charge in [0, 0.05) is 30.5 Å². The molecular formula is C13H17N3OS. The van der Waals surface area contributed by atoms with E-state index in [1.165, 1.54) is 23.3 Å². The Balaban J connectivity index is 1.76. The summed E-state index contributed by atoms with van der Waals surface area (Å²) in [6.45, 7) is 0. The van der Waals surface area contributed by atoms with Gasteiger partial charge in [-0.25, -0.2) is 0 Å². The molecule has 0 amide bonds. The first-order chi connectivity index (χ1) is 8.74. The van der Waals surface area contributed by atoms with E-state index in [2.05, 4.69) is 21.8 Å². The SMILES string of the molecule is Cn1cc(CC(O)C2CCCc3sccc32)nn1. The predicted octanol–water partition coefficient (Wildman–Crippen LogP) is 1.90. The van der Waals surface area contributed by atoms with Crippen LogP contribution < -0.4 is 0 Å². The normalized spacial score (nSPS) is 20.7. The maximum atomic E-state index is 10.4. The highest BCUT2D eigenvalue weighted by atomic mass is 32.1. The van der Waals surface area contributed by atoms with Crippen LogP contribution in [0, 0.1) is 0 Å². The van der Waals surface area contributed by atoms with Crippen molar-refractivity contribution in [2.24, 2.45) is 7.05 Å². The van der Waals surface area contributed by atoms with Crippen molar-refractivity contribution in [3.63, 3.8) is 0 Å². The number of hydrogen-bond acceptors (Lipinski definition) is 4. The molecule has 1 N–H and O–H groups in total. The van der Waals surface area contributed by atoms with Gasteiger partial charge in [-0.3, -0.25) is 4.68 Å². The van der Waals surface area contributed by atoms with Crippen LogP contribution in [0.2, 0.25) is 0 Å². The monoisotopic (exact) mass is 263 g/mol. The molecule has 0 bridgehead atoms. The molecule has 2 aromatic rings. The molecule has 2 aromatic heterocycles. The lowest BCUT2D eigenvalue weighted by Crippen LogP contribution is -2.24. The van der Waals surface area contributed by atoms with Gasteiger partial charge in [0.25, 0.3) is 0 Å². The number of aliphatic hydroxyl groups is 1. The Morgan fingerprint density at radius 1 is 1.61 bits per heavy atom. The molecule has 2 atom stereocenters. The second kappa shape index (κ2) is 4.82. The first kappa shape index (κ1) is 11.9. The number of rotatable bonds is 3. The second-order valence-electron chi connectivity index (χ2n) is 4.95. The van der Waals surface area contributed by atoms with Crippen molar-refractivity contribution in [1.29, 1.82) is 0 Å². The standard InChI is InChI=1S/C13H17N3OS/c1-16-8-9(14-15-16)7-12(17)10-3-2-4-13-11(10)5-6-18-13/h5-6,8,10,12,17H,2-4,7H2,1H3. The number of hydrogen-bond donors (Lipinski definition) is 1. The zero-order valence-electron chi connectivity index (χ0n) is 10.4. The van der Waals surface area contributed by atoms with Crippen LogP contribution in [0.25, 0.3) is 0 Å². The summed E-state index contributed by atoms with van der Waals surface area (Å²) in [6.07, 6.45) is 5.53. The molecule has 2 heterocycles. The fourth-order valence-corrected chi connectivity index (χ4v) is 3.76. The summed E-state index contributed by atoms with van der Waals surface area (Å²) in [5.74, 6) is 0.266. The fourth-order valence-electron chi connectivity index (χ4n) is 2.77. The number of aryl methyl sites for hydroxylation is 2. The van der Waals surface area contributed by atoms with Gasteiger partial charge >= 0.3 is 0 Å². The van der Waals surface area contributed by atoms with Crippen LogP contribution in [-0.4, -0.2) is 26.2 Å². The minimum absolute atomic E-state index is 0.266. The topological polar surface area (TPSA) is 50.9 Å². The Kier molecular flexibility index (Phi) is 3.18. The molecule has 1 aliphatic rings. The Morgan fingerprint density at radius 3 is 3.28 bits per heavy atom. The molecule has 2 unspecified atom stereocenters. The first-order valence-corrected chi connectivity index (χ1v) is 7.21. The Morgan fingerprint density at radius 2 is 2.50 bits per heavy atom. The van der Waals surface area contributed by atoms with E-state index in [0.29, 0.717) is 6.42 Å².